The number of carbonyl (C=O) groups excluding carboxylic acids is 2. The van der Waals surface area contributed by atoms with Gasteiger partial charge in [0.1, 0.15) is 11.4 Å². The van der Waals surface area contributed by atoms with Crippen LogP contribution < -0.4 is 4.74 Å². The van der Waals surface area contributed by atoms with E-state index in [-0.39, 0.29) is 23.9 Å². The summed E-state index contributed by atoms with van der Waals surface area (Å²) in [6.07, 6.45) is 0.350. The number of aryl methyl sites for hydroxylation is 1. The van der Waals surface area contributed by atoms with E-state index in [4.69, 9.17) is 4.74 Å². The standard InChI is InChI=1S/C25H26N4O3/c1-16-23-17(2)28(25(31)24(23)29(26-16)19-7-5-4-6-8-19)20-14-27(15-20)22(30)13-18-9-11-21(32-3)12-10-18/h4-12,17,20H,13-15H2,1-3H3. The summed E-state index contributed by atoms with van der Waals surface area (Å²) in [6, 6.07) is 17.3. The van der Waals surface area contributed by atoms with E-state index in [1.165, 1.54) is 0 Å². The number of hydrogen-bond acceptors (Lipinski definition) is 4. The first-order valence-corrected chi connectivity index (χ1v) is 10.9. The van der Waals surface area contributed by atoms with Crippen LogP contribution in [0.15, 0.2) is 54.6 Å². The van der Waals surface area contributed by atoms with E-state index in [1.807, 2.05) is 71.3 Å². The summed E-state index contributed by atoms with van der Waals surface area (Å²) in [4.78, 5) is 29.9. The highest BCUT2D eigenvalue weighted by Crippen LogP contribution is 2.39. The monoisotopic (exact) mass is 430 g/mol. The van der Waals surface area contributed by atoms with Crippen molar-refractivity contribution < 1.29 is 14.3 Å². The normalized spacial score (nSPS) is 18.0. The van der Waals surface area contributed by atoms with Crippen LogP contribution in [0.4, 0.5) is 0 Å². The zero-order valence-corrected chi connectivity index (χ0v) is 18.5. The maximum Gasteiger partial charge on any atom is 0.273 e. The third kappa shape index (κ3) is 3.25. The quantitative estimate of drug-likeness (QED) is 0.624. The maximum atomic E-state index is 13.4. The molecule has 7 nitrogen and oxygen atoms in total. The van der Waals surface area contributed by atoms with Gasteiger partial charge in [-0.05, 0) is 43.7 Å². The van der Waals surface area contributed by atoms with Gasteiger partial charge in [-0.1, -0.05) is 30.3 Å². The molecule has 0 saturated carbocycles. The second-order valence-corrected chi connectivity index (χ2v) is 8.46. The third-order valence-corrected chi connectivity index (χ3v) is 6.50. The van der Waals surface area contributed by atoms with Gasteiger partial charge in [0.25, 0.3) is 5.91 Å². The number of aromatic nitrogens is 2. The molecule has 0 N–H and O–H groups in total. The Morgan fingerprint density at radius 1 is 1.09 bits per heavy atom. The molecule has 32 heavy (non-hydrogen) atoms. The molecule has 0 bridgehead atoms. The van der Waals surface area contributed by atoms with Gasteiger partial charge in [-0.15, -0.1) is 0 Å². The Kier molecular flexibility index (Phi) is 4.96. The number of amides is 2. The van der Waals surface area contributed by atoms with Gasteiger partial charge in [0.2, 0.25) is 5.91 Å². The first-order valence-electron chi connectivity index (χ1n) is 10.9. The Balaban J connectivity index is 1.28. The van der Waals surface area contributed by atoms with E-state index in [2.05, 4.69) is 12.0 Å². The van der Waals surface area contributed by atoms with E-state index < -0.39 is 0 Å². The number of likely N-dealkylation sites (tertiary alicyclic amines) is 1. The van der Waals surface area contributed by atoms with Crippen LogP contribution in [0.1, 0.15) is 40.3 Å². The van der Waals surface area contributed by atoms with Crippen LogP contribution in [0.3, 0.4) is 0 Å². The number of rotatable bonds is 5. The van der Waals surface area contributed by atoms with E-state index >= 15 is 0 Å². The van der Waals surface area contributed by atoms with Gasteiger partial charge < -0.3 is 14.5 Å². The molecule has 1 saturated heterocycles. The van der Waals surface area contributed by atoms with Crippen molar-refractivity contribution in [1.29, 1.82) is 0 Å². The third-order valence-electron chi connectivity index (χ3n) is 6.50. The van der Waals surface area contributed by atoms with Crippen LogP contribution in [0, 0.1) is 6.92 Å². The van der Waals surface area contributed by atoms with E-state index in [9.17, 15) is 9.59 Å². The Labute approximate surface area is 187 Å². The minimum atomic E-state index is -0.0567. The van der Waals surface area contributed by atoms with Crippen molar-refractivity contribution in [2.24, 2.45) is 0 Å². The number of ether oxygens (including phenoxy) is 1. The molecule has 5 rings (SSSR count). The summed E-state index contributed by atoms with van der Waals surface area (Å²) in [5.74, 6) is 0.842. The lowest BCUT2D eigenvalue weighted by molar-refractivity contribution is -0.137. The number of fused-ring (bicyclic) bond motifs is 1. The fourth-order valence-electron chi connectivity index (χ4n) is 4.79. The highest BCUT2D eigenvalue weighted by atomic mass is 16.5. The average molecular weight is 431 g/mol. The molecule has 1 unspecified atom stereocenters. The lowest BCUT2D eigenvalue weighted by Gasteiger charge is -2.45. The molecule has 1 fully saturated rings. The molecule has 1 atom stereocenters. The SMILES string of the molecule is COc1ccc(CC(=O)N2CC(N3C(=O)c4c(c(C)nn4-c4ccccc4)C3C)C2)cc1. The number of carbonyl (C=O) groups is 2. The van der Waals surface area contributed by atoms with Gasteiger partial charge in [0.05, 0.1) is 37.0 Å². The van der Waals surface area contributed by atoms with Crippen molar-refractivity contribution in [3.8, 4) is 11.4 Å². The molecule has 0 aliphatic carbocycles. The Morgan fingerprint density at radius 2 is 1.78 bits per heavy atom. The van der Waals surface area contributed by atoms with Crippen LogP contribution >= 0.6 is 0 Å². The van der Waals surface area contributed by atoms with Gasteiger partial charge >= 0.3 is 0 Å². The molecule has 3 aromatic rings. The zero-order valence-electron chi connectivity index (χ0n) is 18.5. The minimum Gasteiger partial charge on any atom is -0.497 e. The lowest BCUT2D eigenvalue weighted by Crippen LogP contribution is -2.62. The van der Waals surface area contributed by atoms with Crippen LogP contribution in [-0.4, -0.2) is 57.6 Å². The van der Waals surface area contributed by atoms with Crippen molar-refractivity contribution in [2.75, 3.05) is 20.2 Å². The van der Waals surface area contributed by atoms with Gasteiger partial charge in [-0.2, -0.15) is 5.10 Å². The van der Waals surface area contributed by atoms with Crippen molar-refractivity contribution in [1.82, 2.24) is 19.6 Å². The summed E-state index contributed by atoms with van der Waals surface area (Å²) in [7, 11) is 1.62. The van der Waals surface area contributed by atoms with Gasteiger partial charge in [-0.3, -0.25) is 9.59 Å². The minimum absolute atomic E-state index is 0.00999. The summed E-state index contributed by atoms with van der Waals surface area (Å²) in [6.45, 7) is 5.13. The van der Waals surface area contributed by atoms with E-state index in [1.54, 1.807) is 11.8 Å². The molecule has 2 aliphatic heterocycles. The molecular formula is C25H26N4O3. The Morgan fingerprint density at radius 3 is 2.44 bits per heavy atom. The molecule has 0 radical (unpaired) electrons. The van der Waals surface area contributed by atoms with Crippen molar-refractivity contribution in [2.45, 2.75) is 32.4 Å². The highest BCUT2D eigenvalue weighted by molar-refractivity contribution is 5.99. The Bertz CT molecular complexity index is 1160. The molecular weight excluding hydrogens is 404 g/mol. The maximum absolute atomic E-state index is 13.4. The van der Waals surface area contributed by atoms with E-state index in [0.717, 1.165) is 28.3 Å². The summed E-state index contributed by atoms with van der Waals surface area (Å²) >= 11 is 0. The van der Waals surface area contributed by atoms with Gasteiger partial charge in [0.15, 0.2) is 0 Å². The molecule has 0 spiro atoms. The topological polar surface area (TPSA) is 67.7 Å². The van der Waals surface area contributed by atoms with Crippen LogP contribution in [0.25, 0.3) is 5.69 Å². The van der Waals surface area contributed by atoms with Gasteiger partial charge in [0, 0.05) is 18.7 Å². The first kappa shape index (κ1) is 20.3. The number of para-hydroxylation sites is 1. The second-order valence-electron chi connectivity index (χ2n) is 8.46. The molecule has 1 aromatic heterocycles. The van der Waals surface area contributed by atoms with Crippen molar-refractivity contribution >= 4 is 11.8 Å². The molecule has 2 aliphatic rings. The molecule has 164 valence electrons. The predicted octanol–water partition coefficient (Wildman–Crippen LogP) is 3.16. The second kappa shape index (κ2) is 7.82. The largest absolute Gasteiger partial charge is 0.497 e. The fraction of sp³-hybridized carbons (Fsp3) is 0.320. The molecule has 7 heteroatoms. The summed E-state index contributed by atoms with van der Waals surface area (Å²) in [5, 5.41) is 4.64. The summed E-state index contributed by atoms with van der Waals surface area (Å²) in [5.41, 5.74) is 4.34. The Hall–Kier alpha value is -3.61. The van der Waals surface area contributed by atoms with Crippen molar-refractivity contribution in [3.05, 3.63) is 77.1 Å². The average Bonchev–Trinajstić information content (AvgIpc) is 3.25. The highest BCUT2D eigenvalue weighted by Gasteiger charge is 2.47. The smallest absolute Gasteiger partial charge is 0.273 e. The zero-order chi connectivity index (χ0) is 22.4. The van der Waals surface area contributed by atoms with Gasteiger partial charge in [-0.25, -0.2) is 4.68 Å². The fourth-order valence-corrected chi connectivity index (χ4v) is 4.79. The molecule has 2 aromatic carbocycles. The number of methoxy groups -OCH3 is 1. The molecule has 2 amide bonds. The first-order chi connectivity index (χ1) is 15.5. The van der Waals surface area contributed by atoms with Crippen LogP contribution in [0.5, 0.6) is 5.75 Å². The van der Waals surface area contributed by atoms with E-state index in [0.29, 0.717) is 25.2 Å². The van der Waals surface area contributed by atoms with Crippen LogP contribution in [-0.2, 0) is 11.2 Å². The lowest BCUT2D eigenvalue weighted by atomic mass is 10.0. The number of nitrogens with zero attached hydrogens (tertiary/aromatic N) is 4. The van der Waals surface area contributed by atoms with Crippen LogP contribution in [0.2, 0.25) is 0 Å². The number of benzene rings is 2. The molecule has 3 heterocycles. The predicted molar refractivity (Wildman–Crippen MR) is 120 cm³/mol. The summed E-state index contributed by atoms with van der Waals surface area (Å²) < 4.78 is 6.93. The van der Waals surface area contributed by atoms with Crippen molar-refractivity contribution in [3.63, 3.8) is 0 Å². The number of hydrogen-bond donors (Lipinski definition) is 0.